The third-order valence-electron chi connectivity index (χ3n) is 12.2. The standard InChI is InChI=1S/C47H52N8O4/c1-58-46(56)32-12-14-35-38(27-32)52-37-16-18-49-44(42(35)37)48-17-8-23-55-22-4-3-11-41(55)31-10-7-9-30(25-31)26-34-29-40-43(45(51-34)50-19-24-54-20-5-6-21-54)36-15-13-33(47(57)59-2)28-39(36)53-40/h7,9-10,12-16,18,25,27-29,41,52-53H,3-6,8,11,17,19-24,26H2,1-2H3,(H,48,49)(H,50,51). The lowest BCUT2D eigenvalue weighted by atomic mass is 9.93. The number of rotatable bonds is 14. The Kier molecular flexibility index (Phi) is 11.2. The molecule has 2 saturated heterocycles. The first-order chi connectivity index (χ1) is 28.9. The summed E-state index contributed by atoms with van der Waals surface area (Å²) in [5.41, 5.74) is 8.38. The number of methoxy groups -OCH3 is 2. The number of hydrogen-bond donors (Lipinski definition) is 4. The first-order valence-electron chi connectivity index (χ1n) is 21.0. The van der Waals surface area contributed by atoms with E-state index in [0.717, 1.165) is 120 Å². The van der Waals surface area contributed by atoms with Crippen LogP contribution in [0.2, 0.25) is 0 Å². The lowest BCUT2D eigenvalue weighted by Crippen LogP contribution is -2.35. The van der Waals surface area contributed by atoms with Crippen LogP contribution >= 0.6 is 0 Å². The second-order valence-electron chi connectivity index (χ2n) is 15.9. The quantitative estimate of drug-likeness (QED) is 0.0627. The number of likely N-dealkylation sites (tertiary alicyclic amines) is 2. The van der Waals surface area contributed by atoms with Gasteiger partial charge < -0.3 is 35.0 Å². The van der Waals surface area contributed by atoms with E-state index in [1.807, 2.05) is 42.6 Å². The van der Waals surface area contributed by atoms with Gasteiger partial charge in [-0.05, 0) is 99.3 Å². The molecule has 59 heavy (non-hydrogen) atoms. The van der Waals surface area contributed by atoms with E-state index in [-0.39, 0.29) is 11.9 Å². The SMILES string of the molecule is COC(=O)c1ccc2c(c1)[nH]c1ccnc(NCCCN3CCCCC3c3cccc(Cc4cc5[nH]c6cc(C(=O)OC)ccc6c5c(NCCN5CCCC5)n4)c3)c12. The molecule has 0 aliphatic carbocycles. The van der Waals surface area contributed by atoms with Crippen LogP contribution in [0.25, 0.3) is 43.6 Å². The Hall–Kier alpha value is -5.98. The van der Waals surface area contributed by atoms with Gasteiger partial charge in [0.25, 0.3) is 0 Å². The number of pyridine rings is 2. The maximum atomic E-state index is 12.4. The van der Waals surface area contributed by atoms with Gasteiger partial charge in [-0.15, -0.1) is 0 Å². The zero-order valence-corrected chi connectivity index (χ0v) is 33.9. The molecule has 0 saturated carbocycles. The molecule has 0 spiro atoms. The van der Waals surface area contributed by atoms with Gasteiger partial charge in [-0.2, -0.15) is 0 Å². The van der Waals surface area contributed by atoms with Crippen molar-refractivity contribution in [2.75, 3.05) is 70.7 Å². The second-order valence-corrected chi connectivity index (χ2v) is 15.9. The van der Waals surface area contributed by atoms with Crippen molar-refractivity contribution in [2.24, 2.45) is 0 Å². The zero-order chi connectivity index (χ0) is 40.3. The van der Waals surface area contributed by atoms with E-state index in [1.165, 1.54) is 51.0 Å². The Bertz CT molecular complexity index is 2640. The third kappa shape index (κ3) is 8.07. The van der Waals surface area contributed by atoms with Crippen LogP contribution in [-0.2, 0) is 15.9 Å². The molecule has 304 valence electrons. The lowest BCUT2D eigenvalue weighted by Gasteiger charge is -2.36. The summed E-state index contributed by atoms with van der Waals surface area (Å²) in [6.07, 6.45) is 9.60. The van der Waals surface area contributed by atoms with Crippen LogP contribution < -0.4 is 10.6 Å². The number of benzene rings is 3. The summed E-state index contributed by atoms with van der Waals surface area (Å²) in [5, 5.41) is 11.5. The highest BCUT2D eigenvalue weighted by Crippen LogP contribution is 2.35. The molecule has 1 unspecified atom stereocenters. The van der Waals surface area contributed by atoms with Crippen LogP contribution in [0, 0.1) is 0 Å². The molecule has 12 heteroatoms. The van der Waals surface area contributed by atoms with Gasteiger partial charge in [-0.25, -0.2) is 19.6 Å². The summed E-state index contributed by atoms with van der Waals surface area (Å²) in [6.45, 7) is 6.96. The smallest absolute Gasteiger partial charge is 0.337 e. The van der Waals surface area contributed by atoms with Crippen LogP contribution in [-0.4, -0.2) is 102 Å². The summed E-state index contributed by atoms with van der Waals surface area (Å²) in [5.74, 6) is 1.02. The number of piperidine rings is 1. The second kappa shape index (κ2) is 17.1. The van der Waals surface area contributed by atoms with Gasteiger partial charge in [-0.3, -0.25) is 4.90 Å². The molecule has 12 nitrogen and oxygen atoms in total. The largest absolute Gasteiger partial charge is 0.465 e. The predicted molar refractivity (Wildman–Crippen MR) is 235 cm³/mol. The molecule has 0 radical (unpaired) electrons. The molecule has 9 rings (SSSR count). The number of carbonyl (C=O) groups excluding carboxylic acids is 2. The highest BCUT2D eigenvalue weighted by atomic mass is 16.5. The molecule has 0 bridgehead atoms. The molecule has 6 heterocycles. The molecule has 4 N–H and O–H groups in total. The monoisotopic (exact) mass is 792 g/mol. The third-order valence-corrected chi connectivity index (χ3v) is 12.2. The van der Waals surface area contributed by atoms with Crippen molar-refractivity contribution in [3.05, 3.63) is 107 Å². The minimum atomic E-state index is -0.353. The minimum absolute atomic E-state index is 0.350. The highest BCUT2D eigenvalue weighted by Gasteiger charge is 2.24. The maximum absolute atomic E-state index is 12.4. The number of carbonyl (C=O) groups is 2. The lowest BCUT2D eigenvalue weighted by molar-refractivity contribution is 0.0592. The molecular weight excluding hydrogens is 741 g/mol. The number of aromatic amines is 2. The van der Waals surface area contributed by atoms with E-state index in [9.17, 15) is 9.59 Å². The van der Waals surface area contributed by atoms with Gasteiger partial charge in [0.2, 0.25) is 0 Å². The first-order valence-corrected chi connectivity index (χ1v) is 21.0. The summed E-state index contributed by atoms with van der Waals surface area (Å²) in [4.78, 5) is 46.6. The molecule has 1 atom stereocenters. The van der Waals surface area contributed by atoms with Gasteiger partial charge in [0.05, 0.1) is 36.4 Å². The molecule has 3 aromatic carbocycles. The minimum Gasteiger partial charge on any atom is -0.465 e. The summed E-state index contributed by atoms with van der Waals surface area (Å²) in [7, 11) is 2.81. The van der Waals surface area contributed by atoms with Crippen molar-refractivity contribution in [3.63, 3.8) is 0 Å². The number of nitrogens with zero attached hydrogens (tertiary/aromatic N) is 4. The Morgan fingerprint density at radius 1 is 0.729 bits per heavy atom. The molecule has 2 aliphatic heterocycles. The topological polar surface area (TPSA) is 140 Å². The maximum Gasteiger partial charge on any atom is 0.337 e. The van der Waals surface area contributed by atoms with Crippen molar-refractivity contribution in [1.82, 2.24) is 29.7 Å². The summed E-state index contributed by atoms with van der Waals surface area (Å²) < 4.78 is 9.93. The molecule has 2 fully saturated rings. The number of fused-ring (bicyclic) bond motifs is 6. The Labute approximate surface area is 343 Å². The molecular formula is C47H52N8O4. The van der Waals surface area contributed by atoms with Gasteiger partial charge in [0, 0.05) is 83.1 Å². The van der Waals surface area contributed by atoms with Crippen LogP contribution in [0.3, 0.4) is 0 Å². The van der Waals surface area contributed by atoms with Gasteiger partial charge in [0.15, 0.2) is 0 Å². The van der Waals surface area contributed by atoms with Gasteiger partial charge in [-0.1, -0.05) is 42.8 Å². The van der Waals surface area contributed by atoms with Crippen molar-refractivity contribution in [3.8, 4) is 0 Å². The number of anilines is 2. The van der Waals surface area contributed by atoms with Crippen LogP contribution in [0.5, 0.6) is 0 Å². The average Bonchev–Trinajstić information content (AvgIpc) is 4.02. The van der Waals surface area contributed by atoms with Crippen molar-refractivity contribution >= 4 is 67.2 Å². The molecule has 7 aromatic rings. The van der Waals surface area contributed by atoms with Crippen LogP contribution in [0.4, 0.5) is 11.6 Å². The fourth-order valence-corrected chi connectivity index (χ4v) is 9.25. The zero-order valence-electron chi connectivity index (χ0n) is 33.9. The fourth-order valence-electron chi connectivity index (χ4n) is 9.25. The summed E-state index contributed by atoms with van der Waals surface area (Å²) >= 11 is 0. The number of aromatic nitrogens is 4. The normalized spacial score (nSPS) is 16.3. The van der Waals surface area contributed by atoms with Crippen LogP contribution in [0.15, 0.2) is 79.0 Å². The van der Waals surface area contributed by atoms with Crippen molar-refractivity contribution < 1.29 is 19.1 Å². The number of esters is 2. The first kappa shape index (κ1) is 38.5. The Balaban J connectivity index is 0.903. The summed E-state index contributed by atoms with van der Waals surface area (Å²) in [6, 6.07) is 24.9. The molecule has 2 aliphatic rings. The molecule has 0 amide bonds. The van der Waals surface area contributed by atoms with E-state index >= 15 is 0 Å². The van der Waals surface area contributed by atoms with E-state index in [2.05, 4.69) is 60.7 Å². The number of ether oxygens (including phenoxy) is 2. The predicted octanol–water partition coefficient (Wildman–Crippen LogP) is 8.45. The average molecular weight is 793 g/mol. The van der Waals surface area contributed by atoms with E-state index in [0.29, 0.717) is 23.6 Å². The fraction of sp³-hybridized carbons (Fsp3) is 0.362. The van der Waals surface area contributed by atoms with Gasteiger partial charge in [0.1, 0.15) is 11.6 Å². The highest BCUT2D eigenvalue weighted by molar-refractivity contribution is 6.14. The number of nitrogens with one attached hydrogen (secondary N) is 4. The van der Waals surface area contributed by atoms with Crippen LogP contribution in [0.1, 0.15) is 82.1 Å². The molecule has 4 aromatic heterocycles. The van der Waals surface area contributed by atoms with E-state index in [1.54, 1.807) is 6.07 Å². The van der Waals surface area contributed by atoms with E-state index < -0.39 is 0 Å². The van der Waals surface area contributed by atoms with Crippen molar-refractivity contribution in [2.45, 2.75) is 51.0 Å². The van der Waals surface area contributed by atoms with Gasteiger partial charge >= 0.3 is 11.9 Å². The number of hydrogen-bond acceptors (Lipinski definition) is 10. The Morgan fingerprint density at radius 3 is 2.17 bits per heavy atom. The van der Waals surface area contributed by atoms with Crippen molar-refractivity contribution in [1.29, 1.82) is 0 Å². The Morgan fingerprint density at radius 2 is 1.42 bits per heavy atom. The number of H-pyrrole nitrogens is 2. The van der Waals surface area contributed by atoms with E-state index in [4.69, 9.17) is 19.4 Å².